The molecule has 0 atom stereocenters. The molecular weight excluding hydrogens is 363 g/mol. The van der Waals surface area contributed by atoms with E-state index in [1.165, 1.54) is 23.0 Å². The first-order valence-corrected chi connectivity index (χ1v) is 8.35. The molecule has 0 spiro atoms. The molecule has 3 N–H and O–H groups in total. The summed E-state index contributed by atoms with van der Waals surface area (Å²) in [7, 11) is 0. The van der Waals surface area contributed by atoms with E-state index in [1.54, 1.807) is 0 Å². The van der Waals surface area contributed by atoms with Crippen molar-refractivity contribution in [3.8, 4) is 0 Å². The molecule has 1 aromatic heterocycles. The molecule has 0 aliphatic heterocycles. The molecule has 146 valence electrons. The lowest BCUT2D eigenvalue weighted by Crippen LogP contribution is -2.27. The van der Waals surface area contributed by atoms with Gasteiger partial charge in [0.1, 0.15) is 0 Å². The van der Waals surface area contributed by atoms with E-state index in [2.05, 4.69) is 21.0 Å². The third kappa shape index (κ3) is 5.47. The summed E-state index contributed by atoms with van der Waals surface area (Å²) in [6.45, 7) is 4.64. The maximum atomic E-state index is 12.8. The Morgan fingerprint density at radius 3 is 2.56 bits per heavy atom. The summed E-state index contributed by atoms with van der Waals surface area (Å²) in [6.07, 6.45) is -2.30. The summed E-state index contributed by atoms with van der Waals surface area (Å²) in [5, 5.41) is 11.5. The van der Waals surface area contributed by atoms with Gasteiger partial charge < -0.3 is 16.0 Å². The summed E-state index contributed by atoms with van der Waals surface area (Å²) in [5.41, 5.74) is -0.708. The van der Waals surface area contributed by atoms with Crippen molar-refractivity contribution in [1.82, 2.24) is 15.1 Å². The minimum atomic E-state index is -4.51. The highest BCUT2D eigenvalue weighted by Gasteiger charge is 2.30. The van der Waals surface area contributed by atoms with Crippen LogP contribution in [-0.4, -0.2) is 28.3 Å². The zero-order valence-corrected chi connectivity index (χ0v) is 14.9. The largest absolute Gasteiger partial charge is 0.416 e. The summed E-state index contributed by atoms with van der Waals surface area (Å²) < 4.78 is 39.7. The topological polar surface area (TPSA) is 88.1 Å². The van der Waals surface area contributed by atoms with Crippen molar-refractivity contribution in [3.05, 3.63) is 41.7 Å². The zero-order valence-electron chi connectivity index (χ0n) is 14.9. The van der Waals surface area contributed by atoms with Gasteiger partial charge in [-0.15, -0.1) is 0 Å². The monoisotopic (exact) mass is 383 g/mol. The van der Waals surface area contributed by atoms with Gasteiger partial charge >= 0.3 is 12.2 Å². The number of anilines is 2. The van der Waals surface area contributed by atoms with Crippen molar-refractivity contribution in [1.29, 1.82) is 0 Å². The molecule has 0 aliphatic rings. The number of nitrogens with zero attached hydrogens (tertiary/aromatic N) is 2. The highest BCUT2D eigenvalue weighted by molar-refractivity contribution is 6.05. The van der Waals surface area contributed by atoms with Crippen LogP contribution in [0, 0.1) is 0 Å². The molecule has 0 radical (unpaired) electrons. The van der Waals surface area contributed by atoms with Gasteiger partial charge in [0.05, 0.1) is 11.3 Å². The van der Waals surface area contributed by atoms with E-state index in [0.717, 1.165) is 18.6 Å². The fraction of sp³-hybridized carbons (Fsp3) is 0.353. The molecule has 2 aromatic rings. The van der Waals surface area contributed by atoms with Crippen molar-refractivity contribution in [2.24, 2.45) is 0 Å². The second-order valence-electron chi connectivity index (χ2n) is 5.66. The van der Waals surface area contributed by atoms with Crippen LogP contribution in [-0.2, 0) is 12.7 Å². The lowest BCUT2D eigenvalue weighted by Gasteiger charge is -2.10. The molecular formula is C17H20F3N5O2. The van der Waals surface area contributed by atoms with Gasteiger partial charge in [-0.25, -0.2) is 4.79 Å². The number of rotatable bonds is 6. The van der Waals surface area contributed by atoms with Crippen molar-refractivity contribution < 1.29 is 22.8 Å². The highest BCUT2D eigenvalue weighted by Crippen LogP contribution is 2.30. The van der Waals surface area contributed by atoms with Gasteiger partial charge in [0.2, 0.25) is 0 Å². The summed E-state index contributed by atoms with van der Waals surface area (Å²) >= 11 is 0. The van der Waals surface area contributed by atoms with E-state index in [0.29, 0.717) is 13.1 Å². The van der Waals surface area contributed by atoms with Gasteiger partial charge in [0, 0.05) is 25.0 Å². The molecule has 0 unspecified atom stereocenters. The molecule has 0 bridgehead atoms. The van der Waals surface area contributed by atoms with Crippen LogP contribution in [0.2, 0.25) is 0 Å². The lowest BCUT2D eigenvalue weighted by molar-refractivity contribution is -0.137. The predicted octanol–water partition coefficient (Wildman–Crippen LogP) is 3.71. The first-order valence-electron chi connectivity index (χ1n) is 8.35. The molecule has 1 aromatic carbocycles. The average Bonchev–Trinajstić information content (AvgIpc) is 3.02. The Morgan fingerprint density at radius 2 is 1.93 bits per heavy atom. The normalized spacial score (nSPS) is 11.1. The van der Waals surface area contributed by atoms with Crippen LogP contribution < -0.4 is 16.0 Å². The van der Waals surface area contributed by atoms with Crippen molar-refractivity contribution in [2.75, 3.05) is 17.2 Å². The Kier molecular flexibility index (Phi) is 6.43. The third-order valence-corrected chi connectivity index (χ3v) is 3.53. The van der Waals surface area contributed by atoms with Gasteiger partial charge in [-0.3, -0.25) is 9.48 Å². The molecule has 2 rings (SSSR count). The molecule has 0 saturated heterocycles. The molecule has 7 nitrogen and oxygen atoms in total. The molecule has 10 heteroatoms. The summed E-state index contributed by atoms with van der Waals surface area (Å²) in [6, 6.07) is 3.47. The van der Waals surface area contributed by atoms with Crippen LogP contribution in [0.4, 0.5) is 29.3 Å². The Hall–Kier alpha value is -3.04. The van der Waals surface area contributed by atoms with Gasteiger partial charge in [0.25, 0.3) is 5.91 Å². The van der Waals surface area contributed by atoms with Crippen molar-refractivity contribution >= 4 is 23.3 Å². The quantitative estimate of drug-likeness (QED) is 0.711. The minimum Gasteiger partial charge on any atom is -0.351 e. The minimum absolute atomic E-state index is 0.0257. The van der Waals surface area contributed by atoms with Crippen LogP contribution in [0.1, 0.15) is 36.3 Å². The van der Waals surface area contributed by atoms with E-state index >= 15 is 0 Å². The standard InChI is InChI=1S/C17H20F3N5O2/c1-3-8-21-15(26)14-13(10-25(4-2)24-14)23-16(27)22-12-7-5-6-11(9-12)17(18,19)20/h5-7,9-10H,3-4,8H2,1-2H3,(H,21,26)(H2,22,23,27). The number of amides is 3. The van der Waals surface area contributed by atoms with E-state index in [4.69, 9.17) is 0 Å². The van der Waals surface area contributed by atoms with Crippen LogP contribution >= 0.6 is 0 Å². The van der Waals surface area contributed by atoms with Crippen LogP contribution in [0.5, 0.6) is 0 Å². The number of hydrogen-bond acceptors (Lipinski definition) is 3. The van der Waals surface area contributed by atoms with E-state index in [-0.39, 0.29) is 17.1 Å². The number of alkyl halides is 3. The molecule has 3 amide bonds. The second-order valence-corrected chi connectivity index (χ2v) is 5.66. The van der Waals surface area contributed by atoms with Crippen molar-refractivity contribution in [2.45, 2.75) is 33.0 Å². The molecule has 0 aliphatic carbocycles. The molecule has 0 saturated carbocycles. The fourth-order valence-corrected chi connectivity index (χ4v) is 2.22. The Bertz CT molecular complexity index is 817. The maximum Gasteiger partial charge on any atom is 0.416 e. The summed E-state index contributed by atoms with van der Waals surface area (Å²) in [5.74, 6) is -0.446. The molecule has 27 heavy (non-hydrogen) atoms. The van der Waals surface area contributed by atoms with Gasteiger partial charge in [0.15, 0.2) is 5.69 Å². The number of aryl methyl sites for hydroxylation is 1. The SMILES string of the molecule is CCCNC(=O)c1nn(CC)cc1NC(=O)Nc1cccc(C(F)(F)F)c1. The number of carbonyl (C=O) groups is 2. The Balaban J connectivity index is 2.14. The zero-order chi connectivity index (χ0) is 20.0. The Morgan fingerprint density at radius 1 is 1.19 bits per heavy atom. The second kappa shape index (κ2) is 8.56. The summed E-state index contributed by atoms with van der Waals surface area (Å²) in [4.78, 5) is 24.3. The van der Waals surface area contributed by atoms with Gasteiger partial charge in [-0.05, 0) is 31.5 Å². The number of urea groups is 1. The van der Waals surface area contributed by atoms with Crippen LogP contribution in [0.25, 0.3) is 0 Å². The average molecular weight is 383 g/mol. The molecule has 1 heterocycles. The number of halogens is 3. The van der Waals surface area contributed by atoms with E-state index in [1.807, 2.05) is 13.8 Å². The first kappa shape index (κ1) is 20.3. The first-order chi connectivity index (χ1) is 12.7. The van der Waals surface area contributed by atoms with Gasteiger partial charge in [-0.1, -0.05) is 13.0 Å². The molecule has 0 fully saturated rings. The van der Waals surface area contributed by atoms with Crippen LogP contribution in [0.15, 0.2) is 30.5 Å². The predicted molar refractivity (Wildman–Crippen MR) is 94.6 cm³/mol. The lowest BCUT2D eigenvalue weighted by atomic mass is 10.2. The third-order valence-electron chi connectivity index (χ3n) is 3.53. The van der Waals surface area contributed by atoms with Crippen LogP contribution in [0.3, 0.4) is 0 Å². The van der Waals surface area contributed by atoms with E-state index in [9.17, 15) is 22.8 Å². The highest BCUT2D eigenvalue weighted by atomic mass is 19.4. The number of benzene rings is 1. The number of hydrogen-bond donors (Lipinski definition) is 3. The number of aromatic nitrogens is 2. The van der Waals surface area contributed by atoms with E-state index < -0.39 is 23.7 Å². The number of carbonyl (C=O) groups excluding carboxylic acids is 2. The van der Waals surface area contributed by atoms with Gasteiger partial charge in [-0.2, -0.15) is 18.3 Å². The smallest absolute Gasteiger partial charge is 0.351 e. The fourth-order valence-electron chi connectivity index (χ4n) is 2.22. The Labute approximate surface area is 153 Å². The number of nitrogens with one attached hydrogen (secondary N) is 3. The maximum absolute atomic E-state index is 12.8. The van der Waals surface area contributed by atoms with Crippen molar-refractivity contribution in [3.63, 3.8) is 0 Å².